The highest BCUT2D eigenvalue weighted by molar-refractivity contribution is 6.21. The normalized spacial score (nSPS) is 40.3. The fraction of sp³-hybridized carbons (Fsp3) is 0.647. The summed E-state index contributed by atoms with van der Waals surface area (Å²) < 4.78 is 13.4. The summed E-state index contributed by atoms with van der Waals surface area (Å²) in [5.41, 5.74) is 3.24. The number of hydrogen-bond donors (Lipinski definition) is 0. The Kier molecular flexibility index (Phi) is 2.55. The zero-order valence-electron chi connectivity index (χ0n) is 11.5. The second kappa shape index (κ2) is 3.97. The smallest absolute Gasteiger partial charge is 0.123 e. The summed E-state index contributed by atoms with van der Waals surface area (Å²) in [5.74, 6) is 4.18. The van der Waals surface area contributed by atoms with E-state index in [0.717, 1.165) is 34.8 Å². The Morgan fingerprint density at radius 1 is 1.11 bits per heavy atom. The van der Waals surface area contributed by atoms with Crippen molar-refractivity contribution in [3.63, 3.8) is 0 Å². The average molecular weight is 279 g/mol. The first-order valence-corrected chi connectivity index (χ1v) is 7.92. The Bertz CT molecular complexity index is 499. The number of rotatable bonds is 2. The minimum absolute atomic E-state index is 0.0963. The number of fused-ring (bicyclic) bond motifs is 5. The standard InChI is InChI=1S/C17H20ClF/c1-8-5-12(19)6-9(2)13(8)17(18)16-14-10-3-4-11(7-10)15(14)16/h5-6,10-11,14-17H,3-4,7H2,1-2H3. The molecule has 3 saturated carbocycles. The molecule has 3 fully saturated rings. The lowest BCUT2D eigenvalue weighted by Gasteiger charge is -2.19. The predicted octanol–water partition coefficient (Wildman–Crippen LogP) is 5.01. The molecule has 0 aliphatic heterocycles. The van der Waals surface area contributed by atoms with Gasteiger partial charge in [0.15, 0.2) is 0 Å². The summed E-state index contributed by atoms with van der Waals surface area (Å²) in [6.45, 7) is 3.99. The number of aryl methyl sites for hydroxylation is 2. The van der Waals surface area contributed by atoms with Gasteiger partial charge < -0.3 is 0 Å². The van der Waals surface area contributed by atoms with Crippen LogP contribution >= 0.6 is 11.6 Å². The lowest BCUT2D eigenvalue weighted by molar-refractivity contribution is 0.454. The van der Waals surface area contributed by atoms with E-state index in [1.54, 1.807) is 12.1 Å². The van der Waals surface area contributed by atoms with Gasteiger partial charge in [-0.25, -0.2) is 4.39 Å². The van der Waals surface area contributed by atoms with Gasteiger partial charge in [-0.15, -0.1) is 11.6 Å². The maximum atomic E-state index is 13.4. The van der Waals surface area contributed by atoms with Crippen LogP contribution in [0.1, 0.15) is 41.3 Å². The molecule has 0 N–H and O–H groups in total. The van der Waals surface area contributed by atoms with E-state index in [9.17, 15) is 4.39 Å². The zero-order valence-corrected chi connectivity index (χ0v) is 12.3. The molecule has 102 valence electrons. The molecule has 3 aliphatic rings. The molecule has 0 aromatic heterocycles. The van der Waals surface area contributed by atoms with Crippen molar-refractivity contribution in [1.29, 1.82) is 0 Å². The van der Waals surface area contributed by atoms with E-state index in [0.29, 0.717) is 5.92 Å². The van der Waals surface area contributed by atoms with Gasteiger partial charge in [0.2, 0.25) is 0 Å². The Balaban J connectivity index is 1.64. The fourth-order valence-electron chi connectivity index (χ4n) is 5.33. The third kappa shape index (κ3) is 1.63. The number of alkyl halides is 1. The van der Waals surface area contributed by atoms with Crippen LogP contribution in [0.5, 0.6) is 0 Å². The highest BCUT2D eigenvalue weighted by Gasteiger charge is 2.66. The highest BCUT2D eigenvalue weighted by atomic mass is 35.5. The first kappa shape index (κ1) is 12.2. The second-order valence-electron chi connectivity index (χ2n) is 6.92. The van der Waals surface area contributed by atoms with Gasteiger partial charge in [-0.2, -0.15) is 0 Å². The van der Waals surface area contributed by atoms with Gasteiger partial charge in [-0.05, 0) is 91.5 Å². The SMILES string of the molecule is Cc1cc(F)cc(C)c1C(Cl)C1C2C3CCC(C3)C21. The monoisotopic (exact) mass is 278 g/mol. The van der Waals surface area contributed by atoms with Crippen LogP contribution in [0.3, 0.4) is 0 Å². The Labute approximate surface area is 119 Å². The van der Waals surface area contributed by atoms with Crippen LogP contribution in [0, 0.1) is 49.3 Å². The first-order valence-electron chi connectivity index (χ1n) is 7.48. The van der Waals surface area contributed by atoms with Crippen molar-refractivity contribution in [1.82, 2.24) is 0 Å². The van der Waals surface area contributed by atoms with Crippen molar-refractivity contribution in [3.8, 4) is 0 Å². The molecule has 2 heteroatoms. The largest absolute Gasteiger partial charge is 0.207 e. The van der Waals surface area contributed by atoms with Gasteiger partial charge in [0, 0.05) is 0 Å². The first-order chi connectivity index (χ1) is 9.08. The molecule has 5 unspecified atom stereocenters. The molecule has 2 bridgehead atoms. The maximum absolute atomic E-state index is 13.4. The second-order valence-corrected chi connectivity index (χ2v) is 7.39. The van der Waals surface area contributed by atoms with Crippen molar-refractivity contribution in [2.45, 2.75) is 38.5 Å². The quantitative estimate of drug-likeness (QED) is 0.667. The lowest BCUT2D eigenvalue weighted by Crippen LogP contribution is -2.07. The molecule has 0 radical (unpaired) electrons. The summed E-state index contributed by atoms with van der Waals surface area (Å²) in [7, 11) is 0. The van der Waals surface area contributed by atoms with E-state index in [2.05, 4.69) is 0 Å². The summed E-state index contributed by atoms with van der Waals surface area (Å²) in [4.78, 5) is 0. The van der Waals surface area contributed by atoms with Gasteiger partial charge in [0.05, 0.1) is 5.38 Å². The Hall–Kier alpha value is -0.560. The molecule has 0 spiro atoms. The topological polar surface area (TPSA) is 0 Å². The lowest BCUT2D eigenvalue weighted by atomic mass is 9.92. The number of hydrogen-bond acceptors (Lipinski definition) is 0. The van der Waals surface area contributed by atoms with Crippen molar-refractivity contribution in [3.05, 3.63) is 34.6 Å². The Morgan fingerprint density at radius 2 is 1.63 bits per heavy atom. The van der Waals surface area contributed by atoms with Crippen LogP contribution in [0.15, 0.2) is 12.1 Å². The Morgan fingerprint density at radius 3 is 2.16 bits per heavy atom. The van der Waals surface area contributed by atoms with E-state index in [-0.39, 0.29) is 11.2 Å². The molecular formula is C17H20ClF. The molecule has 0 heterocycles. The molecule has 4 rings (SSSR count). The minimum Gasteiger partial charge on any atom is -0.207 e. The molecule has 1 aromatic carbocycles. The molecule has 0 amide bonds. The minimum atomic E-state index is -0.140. The van der Waals surface area contributed by atoms with Gasteiger partial charge >= 0.3 is 0 Å². The van der Waals surface area contributed by atoms with E-state index in [1.807, 2.05) is 13.8 Å². The van der Waals surface area contributed by atoms with Gasteiger partial charge in [0.25, 0.3) is 0 Å². The van der Waals surface area contributed by atoms with Crippen LogP contribution in [0.2, 0.25) is 0 Å². The van der Waals surface area contributed by atoms with Gasteiger partial charge in [0.1, 0.15) is 5.82 Å². The molecule has 1 aromatic rings. The van der Waals surface area contributed by atoms with Crippen LogP contribution in [0.25, 0.3) is 0 Å². The predicted molar refractivity (Wildman–Crippen MR) is 75.8 cm³/mol. The molecule has 0 nitrogen and oxygen atoms in total. The fourth-order valence-corrected chi connectivity index (χ4v) is 6.01. The van der Waals surface area contributed by atoms with Crippen molar-refractivity contribution in [2.75, 3.05) is 0 Å². The van der Waals surface area contributed by atoms with Crippen molar-refractivity contribution < 1.29 is 4.39 Å². The summed E-state index contributed by atoms with van der Waals surface area (Å²) in [5, 5.41) is 0.0963. The van der Waals surface area contributed by atoms with Crippen LogP contribution in [-0.2, 0) is 0 Å². The average Bonchev–Trinajstić information content (AvgIpc) is 2.77. The zero-order chi connectivity index (χ0) is 13.3. The van der Waals surface area contributed by atoms with Gasteiger partial charge in [-0.1, -0.05) is 0 Å². The van der Waals surface area contributed by atoms with Crippen molar-refractivity contribution >= 4 is 11.6 Å². The van der Waals surface area contributed by atoms with E-state index in [1.165, 1.54) is 24.8 Å². The summed E-state index contributed by atoms with van der Waals surface area (Å²) in [6, 6.07) is 3.26. The van der Waals surface area contributed by atoms with E-state index >= 15 is 0 Å². The van der Waals surface area contributed by atoms with Crippen molar-refractivity contribution in [2.24, 2.45) is 29.6 Å². The van der Waals surface area contributed by atoms with E-state index < -0.39 is 0 Å². The summed E-state index contributed by atoms with van der Waals surface area (Å²) in [6.07, 6.45) is 4.30. The number of benzene rings is 1. The van der Waals surface area contributed by atoms with Crippen LogP contribution in [0.4, 0.5) is 4.39 Å². The maximum Gasteiger partial charge on any atom is 0.123 e. The molecule has 19 heavy (non-hydrogen) atoms. The third-order valence-corrected chi connectivity index (χ3v) is 6.48. The molecule has 0 saturated heterocycles. The van der Waals surface area contributed by atoms with Crippen LogP contribution in [-0.4, -0.2) is 0 Å². The highest BCUT2D eigenvalue weighted by Crippen LogP contribution is 2.73. The number of halogens is 2. The van der Waals surface area contributed by atoms with Gasteiger partial charge in [-0.3, -0.25) is 0 Å². The third-order valence-electron chi connectivity index (χ3n) is 5.97. The van der Waals surface area contributed by atoms with E-state index in [4.69, 9.17) is 11.6 Å². The van der Waals surface area contributed by atoms with Crippen LogP contribution < -0.4 is 0 Å². The molecule has 5 atom stereocenters. The molecular weight excluding hydrogens is 259 g/mol. The molecule has 3 aliphatic carbocycles. The summed E-state index contributed by atoms with van der Waals surface area (Å²) >= 11 is 6.80.